The molecular formula is C20H21FN4OS. The van der Waals surface area contributed by atoms with E-state index in [4.69, 9.17) is 0 Å². The fraction of sp³-hybridized carbons (Fsp3) is 0.250. The van der Waals surface area contributed by atoms with Crippen LogP contribution in [0, 0.1) is 5.82 Å². The number of benzene rings is 2. The van der Waals surface area contributed by atoms with Crippen LogP contribution in [-0.2, 0) is 4.79 Å². The normalized spacial score (nSPS) is 12.2. The van der Waals surface area contributed by atoms with Crippen molar-refractivity contribution in [2.24, 2.45) is 0 Å². The van der Waals surface area contributed by atoms with Gasteiger partial charge in [0, 0.05) is 5.69 Å². The first-order valence-corrected chi connectivity index (χ1v) is 9.57. The van der Waals surface area contributed by atoms with Crippen LogP contribution < -0.4 is 5.32 Å². The molecule has 1 aromatic heterocycles. The smallest absolute Gasteiger partial charge is 0.237 e. The number of anilines is 1. The maximum Gasteiger partial charge on any atom is 0.237 e. The molecule has 5 nitrogen and oxygen atoms in total. The highest BCUT2D eigenvalue weighted by molar-refractivity contribution is 8.00. The van der Waals surface area contributed by atoms with E-state index in [1.807, 2.05) is 24.3 Å². The van der Waals surface area contributed by atoms with Crippen LogP contribution in [0.2, 0.25) is 0 Å². The van der Waals surface area contributed by atoms with Gasteiger partial charge in [0.1, 0.15) is 5.82 Å². The van der Waals surface area contributed by atoms with Crippen molar-refractivity contribution in [1.29, 1.82) is 0 Å². The molecule has 1 amide bonds. The standard InChI is InChI=1S/C20H21FN4OS/c1-12(2)14-8-5-7-11-17(14)22-19(26)13(3)27-20-23-18(24-25-20)15-9-4-6-10-16(15)21/h4-13H,1-3H3,(H,22,26)(H,23,24,25)/t13-/m0/s1. The molecule has 2 aromatic carbocycles. The van der Waals surface area contributed by atoms with E-state index in [-0.39, 0.29) is 11.7 Å². The number of hydrogen-bond acceptors (Lipinski definition) is 4. The molecule has 0 spiro atoms. The molecule has 2 N–H and O–H groups in total. The second-order valence-corrected chi connectivity index (χ2v) is 7.75. The molecule has 0 fully saturated rings. The molecule has 3 rings (SSSR count). The summed E-state index contributed by atoms with van der Waals surface area (Å²) in [5.41, 5.74) is 2.24. The minimum absolute atomic E-state index is 0.134. The Morgan fingerprint density at radius 1 is 1.11 bits per heavy atom. The van der Waals surface area contributed by atoms with Gasteiger partial charge < -0.3 is 5.32 Å². The summed E-state index contributed by atoms with van der Waals surface area (Å²) >= 11 is 1.22. The van der Waals surface area contributed by atoms with Gasteiger partial charge >= 0.3 is 0 Å². The molecule has 0 aliphatic rings. The highest BCUT2D eigenvalue weighted by Crippen LogP contribution is 2.27. The zero-order chi connectivity index (χ0) is 19.4. The van der Waals surface area contributed by atoms with E-state index in [0.29, 0.717) is 22.5 Å². The quantitative estimate of drug-likeness (QED) is 0.596. The van der Waals surface area contributed by atoms with Crippen molar-refractivity contribution in [3.63, 3.8) is 0 Å². The van der Waals surface area contributed by atoms with Crippen LogP contribution in [0.5, 0.6) is 0 Å². The molecule has 7 heteroatoms. The Morgan fingerprint density at radius 3 is 2.56 bits per heavy atom. The maximum absolute atomic E-state index is 13.9. The third-order valence-corrected chi connectivity index (χ3v) is 5.05. The van der Waals surface area contributed by atoms with Crippen LogP contribution in [0.3, 0.4) is 0 Å². The Bertz CT molecular complexity index is 941. The number of thioether (sulfide) groups is 1. The highest BCUT2D eigenvalue weighted by Gasteiger charge is 2.19. The molecule has 0 aliphatic carbocycles. The van der Waals surface area contributed by atoms with Gasteiger partial charge in [-0.3, -0.25) is 9.89 Å². The fourth-order valence-corrected chi connectivity index (χ4v) is 3.36. The summed E-state index contributed by atoms with van der Waals surface area (Å²) in [6.07, 6.45) is 0. The summed E-state index contributed by atoms with van der Waals surface area (Å²) in [5.74, 6) is 0.140. The average Bonchev–Trinajstić information content (AvgIpc) is 3.10. The van der Waals surface area contributed by atoms with Crippen LogP contribution in [0.25, 0.3) is 11.4 Å². The van der Waals surface area contributed by atoms with Gasteiger partial charge in [0.2, 0.25) is 11.1 Å². The number of H-pyrrole nitrogens is 1. The molecule has 0 radical (unpaired) electrons. The maximum atomic E-state index is 13.9. The van der Waals surface area contributed by atoms with Crippen LogP contribution >= 0.6 is 11.8 Å². The molecule has 0 aliphatic heterocycles. The number of carbonyl (C=O) groups excluding carboxylic acids is 1. The van der Waals surface area contributed by atoms with Gasteiger partial charge in [-0.2, -0.15) is 0 Å². The Kier molecular flexibility index (Phi) is 5.91. The number of aromatic nitrogens is 3. The Morgan fingerprint density at radius 2 is 1.81 bits per heavy atom. The SMILES string of the molecule is CC(C)c1ccccc1NC(=O)[C@H](C)Sc1n[nH]c(-c2ccccc2F)n1. The lowest BCUT2D eigenvalue weighted by Gasteiger charge is -2.15. The van der Waals surface area contributed by atoms with Gasteiger partial charge in [-0.15, -0.1) is 5.10 Å². The molecule has 3 aromatic rings. The van der Waals surface area contributed by atoms with Crippen molar-refractivity contribution < 1.29 is 9.18 Å². The molecule has 1 atom stereocenters. The molecular weight excluding hydrogens is 363 g/mol. The number of aromatic amines is 1. The molecule has 1 heterocycles. The van der Waals surface area contributed by atoms with E-state index >= 15 is 0 Å². The number of halogens is 1. The Hall–Kier alpha value is -2.67. The van der Waals surface area contributed by atoms with E-state index in [2.05, 4.69) is 34.3 Å². The van der Waals surface area contributed by atoms with Crippen LogP contribution in [0.4, 0.5) is 10.1 Å². The van der Waals surface area contributed by atoms with Gasteiger partial charge in [0.05, 0.1) is 10.8 Å². The summed E-state index contributed by atoms with van der Waals surface area (Å²) < 4.78 is 13.9. The molecule has 0 bridgehead atoms. The van der Waals surface area contributed by atoms with E-state index in [1.54, 1.807) is 25.1 Å². The highest BCUT2D eigenvalue weighted by atomic mass is 32.2. The summed E-state index contributed by atoms with van der Waals surface area (Å²) in [5, 5.41) is 9.78. The van der Waals surface area contributed by atoms with Crippen molar-refractivity contribution in [2.75, 3.05) is 5.32 Å². The third kappa shape index (κ3) is 4.54. The fourth-order valence-electron chi connectivity index (χ4n) is 2.63. The molecule has 0 saturated heterocycles. The predicted molar refractivity (Wildman–Crippen MR) is 106 cm³/mol. The van der Waals surface area contributed by atoms with Crippen molar-refractivity contribution in [2.45, 2.75) is 37.1 Å². The van der Waals surface area contributed by atoms with E-state index < -0.39 is 5.25 Å². The van der Waals surface area contributed by atoms with Gasteiger partial charge in [0.15, 0.2) is 5.82 Å². The monoisotopic (exact) mass is 384 g/mol. The molecule has 0 saturated carbocycles. The summed E-state index contributed by atoms with van der Waals surface area (Å²) in [6.45, 7) is 5.96. The largest absolute Gasteiger partial charge is 0.325 e. The number of hydrogen-bond donors (Lipinski definition) is 2. The lowest BCUT2D eigenvalue weighted by molar-refractivity contribution is -0.115. The average molecular weight is 384 g/mol. The minimum atomic E-state index is -0.408. The Balaban J connectivity index is 1.68. The summed E-state index contributed by atoms with van der Waals surface area (Å²) in [4.78, 5) is 16.9. The van der Waals surface area contributed by atoms with Gasteiger partial charge in [-0.25, -0.2) is 9.37 Å². The van der Waals surface area contributed by atoms with E-state index in [1.165, 1.54) is 17.8 Å². The van der Waals surface area contributed by atoms with Crippen molar-refractivity contribution in [1.82, 2.24) is 15.2 Å². The lowest BCUT2D eigenvalue weighted by Crippen LogP contribution is -2.23. The van der Waals surface area contributed by atoms with Crippen molar-refractivity contribution >= 4 is 23.4 Å². The van der Waals surface area contributed by atoms with E-state index in [9.17, 15) is 9.18 Å². The van der Waals surface area contributed by atoms with Gasteiger partial charge in [-0.05, 0) is 36.6 Å². The van der Waals surface area contributed by atoms with Crippen molar-refractivity contribution in [3.8, 4) is 11.4 Å². The third-order valence-electron chi connectivity index (χ3n) is 4.09. The number of para-hydroxylation sites is 1. The zero-order valence-corrected chi connectivity index (χ0v) is 16.2. The van der Waals surface area contributed by atoms with Gasteiger partial charge in [-0.1, -0.05) is 55.9 Å². The number of rotatable bonds is 6. The van der Waals surface area contributed by atoms with Crippen LogP contribution in [0.1, 0.15) is 32.3 Å². The second kappa shape index (κ2) is 8.35. The summed E-state index contributed by atoms with van der Waals surface area (Å²) in [6, 6.07) is 14.1. The number of nitrogens with one attached hydrogen (secondary N) is 2. The number of carbonyl (C=O) groups is 1. The first kappa shape index (κ1) is 19.1. The number of amides is 1. The summed E-state index contributed by atoms with van der Waals surface area (Å²) in [7, 11) is 0. The van der Waals surface area contributed by atoms with E-state index in [0.717, 1.165) is 11.3 Å². The molecule has 140 valence electrons. The second-order valence-electron chi connectivity index (χ2n) is 6.44. The predicted octanol–water partition coefficient (Wildman–Crippen LogP) is 4.85. The minimum Gasteiger partial charge on any atom is -0.325 e. The van der Waals surface area contributed by atoms with Gasteiger partial charge in [0.25, 0.3) is 0 Å². The lowest BCUT2D eigenvalue weighted by atomic mass is 10.0. The first-order chi connectivity index (χ1) is 13.0. The Labute approximate surface area is 161 Å². The topological polar surface area (TPSA) is 70.7 Å². The zero-order valence-electron chi connectivity index (χ0n) is 15.4. The number of nitrogens with zero attached hydrogens (tertiary/aromatic N) is 2. The molecule has 0 unspecified atom stereocenters. The molecule has 27 heavy (non-hydrogen) atoms. The first-order valence-electron chi connectivity index (χ1n) is 8.69. The van der Waals surface area contributed by atoms with Crippen LogP contribution in [-0.4, -0.2) is 26.3 Å². The van der Waals surface area contributed by atoms with Crippen molar-refractivity contribution in [3.05, 3.63) is 59.9 Å². The van der Waals surface area contributed by atoms with Crippen LogP contribution in [0.15, 0.2) is 53.7 Å².